The van der Waals surface area contributed by atoms with Crippen molar-refractivity contribution in [3.8, 4) is 0 Å². The number of halogens is 2. The second kappa shape index (κ2) is 2.84. The van der Waals surface area contributed by atoms with Crippen LogP contribution in [0, 0.1) is 11.6 Å². The van der Waals surface area contributed by atoms with Crippen molar-refractivity contribution in [1.29, 1.82) is 0 Å². The summed E-state index contributed by atoms with van der Waals surface area (Å²) in [5.74, 6) is -1.41. The lowest BCUT2D eigenvalue weighted by Crippen LogP contribution is -2.05. The summed E-state index contributed by atoms with van der Waals surface area (Å²) in [6, 6.07) is 2.27. The molecule has 0 saturated carbocycles. The molecule has 0 radical (unpaired) electrons. The van der Waals surface area contributed by atoms with Gasteiger partial charge < -0.3 is 11.5 Å². The van der Waals surface area contributed by atoms with Crippen LogP contribution >= 0.6 is 0 Å². The molecule has 0 aromatic heterocycles. The zero-order valence-electron chi connectivity index (χ0n) is 5.77. The topological polar surface area (TPSA) is 52.0 Å². The molecule has 60 valence electrons. The summed E-state index contributed by atoms with van der Waals surface area (Å²) >= 11 is 0. The Hall–Kier alpha value is -1.16. The highest BCUT2D eigenvalue weighted by Crippen LogP contribution is 2.17. The largest absolute Gasteiger partial charge is 0.396 e. The number of hydrogen-bond donors (Lipinski definition) is 2. The lowest BCUT2D eigenvalue weighted by atomic mass is 10.2. The van der Waals surface area contributed by atoms with Crippen molar-refractivity contribution in [3.05, 3.63) is 29.3 Å². The van der Waals surface area contributed by atoms with Crippen molar-refractivity contribution in [1.82, 2.24) is 0 Å². The summed E-state index contributed by atoms with van der Waals surface area (Å²) in [6.45, 7) is -0.178. The molecular formula is C7H8F2N2. The highest BCUT2D eigenvalue weighted by atomic mass is 19.1. The van der Waals surface area contributed by atoms with Crippen molar-refractivity contribution < 1.29 is 8.78 Å². The van der Waals surface area contributed by atoms with Gasteiger partial charge in [0.2, 0.25) is 0 Å². The van der Waals surface area contributed by atoms with E-state index in [4.69, 9.17) is 11.5 Å². The van der Waals surface area contributed by atoms with Crippen LogP contribution in [0.5, 0.6) is 0 Å². The maximum Gasteiger partial charge on any atom is 0.153 e. The fourth-order valence-electron chi connectivity index (χ4n) is 0.803. The second-order valence-corrected chi connectivity index (χ2v) is 2.13. The van der Waals surface area contributed by atoms with Crippen LogP contribution < -0.4 is 11.5 Å². The first kappa shape index (κ1) is 7.94. The van der Waals surface area contributed by atoms with Gasteiger partial charge in [-0.25, -0.2) is 8.78 Å². The molecule has 1 rings (SSSR count). The molecule has 0 aliphatic rings. The molecule has 0 spiro atoms. The van der Waals surface area contributed by atoms with Crippen LogP contribution in [0.3, 0.4) is 0 Å². The Balaban J connectivity index is 3.29. The fraction of sp³-hybridized carbons (Fsp3) is 0.143. The van der Waals surface area contributed by atoms with E-state index in [2.05, 4.69) is 0 Å². The molecule has 0 unspecified atom stereocenters. The van der Waals surface area contributed by atoms with E-state index in [1.807, 2.05) is 0 Å². The molecule has 4 heteroatoms. The first-order chi connectivity index (χ1) is 5.16. The van der Waals surface area contributed by atoms with E-state index in [1.54, 1.807) is 0 Å². The van der Waals surface area contributed by atoms with E-state index in [0.717, 1.165) is 6.07 Å². The van der Waals surface area contributed by atoms with E-state index in [1.165, 1.54) is 6.07 Å². The molecule has 0 fully saturated rings. The smallest absolute Gasteiger partial charge is 0.153 e. The average Bonchev–Trinajstić information content (AvgIpc) is 1.99. The molecule has 0 saturated heterocycles. The average molecular weight is 158 g/mol. The fourth-order valence-corrected chi connectivity index (χ4v) is 0.803. The standard InChI is InChI=1S/C7H8F2N2/c8-5-1-2-6(11)7(9)4(5)3-10/h1-2H,3,10-11H2. The monoisotopic (exact) mass is 158 g/mol. The number of anilines is 1. The quantitative estimate of drug-likeness (QED) is 0.599. The predicted molar refractivity (Wildman–Crippen MR) is 38.7 cm³/mol. The Morgan fingerprint density at radius 1 is 1.27 bits per heavy atom. The van der Waals surface area contributed by atoms with E-state index in [-0.39, 0.29) is 17.8 Å². The molecule has 4 N–H and O–H groups in total. The zero-order valence-corrected chi connectivity index (χ0v) is 5.77. The normalized spacial score (nSPS) is 10.1. The van der Waals surface area contributed by atoms with Gasteiger partial charge in [-0.05, 0) is 12.1 Å². The summed E-state index contributed by atoms with van der Waals surface area (Å²) in [4.78, 5) is 0. The van der Waals surface area contributed by atoms with Crippen molar-refractivity contribution in [2.24, 2.45) is 5.73 Å². The highest BCUT2D eigenvalue weighted by Gasteiger charge is 2.08. The summed E-state index contributed by atoms with van der Waals surface area (Å²) in [5, 5.41) is 0. The van der Waals surface area contributed by atoms with Gasteiger partial charge >= 0.3 is 0 Å². The molecule has 0 bridgehead atoms. The maximum atomic E-state index is 12.8. The molecule has 0 heterocycles. The molecule has 2 nitrogen and oxygen atoms in total. The van der Waals surface area contributed by atoms with Gasteiger partial charge in [-0.1, -0.05) is 0 Å². The van der Waals surface area contributed by atoms with Crippen LogP contribution in [0.4, 0.5) is 14.5 Å². The number of hydrogen-bond acceptors (Lipinski definition) is 2. The van der Waals surface area contributed by atoms with Gasteiger partial charge in [0.15, 0.2) is 5.82 Å². The first-order valence-electron chi connectivity index (χ1n) is 3.09. The van der Waals surface area contributed by atoms with Gasteiger partial charge in [0, 0.05) is 12.1 Å². The van der Waals surface area contributed by atoms with Gasteiger partial charge in [0.25, 0.3) is 0 Å². The molecule has 0 aliphatic carbocycles. The Kier molecular flexibility index (Phi) is 2.05. The van der Waals surface area contributed by atoms with Crippen molar-refractivity contribution in [2.75, 3.05) is 5.73 Å². The van der Waals surface area contributed by atoms with Crippen molar-refractivity contribution >= 4 is 5.69 Å². The van der Waals surface area contributed by atoms with Gasteiger partial charge in [-0.15, -0.1) is 0 Å². The van der Waals surface area contributed by atoms with Crippen molar-refractivity contribution in [2.45, 2.75) is 6.54 Å². The van der Waals surface area contributed by atoms with E-state index in [0.29, 0.717) is 0 Å². The minimum atomic E-state index is -0.757. The van der Waals surface area contributed by atoms with E-state index >= 15 is 0 Å². The SMILES string of the molecule is NCc1c(F)ccc(N)c1F. The molecule has 0 atom stereocenters. The van der Waals surface area contributed by atoms with Crippen molar-refractivity contribution in [3.63, 3.8) is 0 Å². The number of benzene rings is 1. The Bertz CT molecular complexity index is 273. The number of nitrogens with two attached hydrogens (primary N) is 2. The Morgan fingerprint density at radius 3 is 2.36 bits per heavy atom. The molecule has 0 amide bonds. The summed E-state index contributed by atoms with van der Waals surface area (Å²) in [7, 11) is 0. The third-order valence-electron chi connectivity index (χ3n) is 1.42. The highest BCUT2D eigenvalue weighted by molar-refractivity contribution is 5.43. The van der Waals surface area contributed by atoms with Crippen LogP contribution in [0.25, 0.3) is 0 Å². The van der Waals surface area contributed by atoms with E-state index in [9.17, 15) is 8.78 Å². The molecule has 0 aliphatic heterocycles. The van der Waals surface area contributed by atoms with Gasteiger partial charge in [-0.3, -0.25) is 0 Å². The minimum Gasteiger partial charge on any atom is -0.396 e. The minimum absolute atomic E-state index is 0.0770. The summed E-state index contributed by atoms with van der Waals surface area (Å²) < 4.78 is 25.5. The lowest BCUT2D eigenvalue weighted by Gasteiger charge is -2.02. The van der Waals surface area contributed by atoms with Gasteiger partial charge in [0.1, 0.15) is 5.82 Å². The zero-order chi connectivity index (χ0) is 8.43. The second-order valence-electron chi connectivity index (χ2n) is 2.13. The summed E-state index contributed by atoms with van der Waals surface area (Å²) in [5.41, 5.74) is 10.0. The van der Waals surface area contributed by atoms with Crippen LogP contribution in [-0.2, 0) is 6.54 Å². The maximum absolute atomic E-state index is 12.8. The van der Waals surface area contributed by atoms with Gasteiger partial charge in [0.05, 0.1) is 5.69 Å². The Labute approximate surface area is 62.8 Å². The predicted octanol–water partition coefficient (Wildman–Crippen LogP) is 1.01. The molecular weight excluding hydrogens is 150 g/mol. The third kappa shape index (κ3) is 1.30. The first-order valence-corrected chi connectivity index (χ1v) is 3.09. The number of rotatable bonds is 1. The van der Waals surface area contributed by atoms with Crippen LogP contribution in [-0.4, -0.2) is 0 Å². The molecule has 1 aromatic carbocycles. The molecule has 1 aromatic rings. The van der Waals surface area contributed by atoms with E-state index < -0.39 is 11.6 Å². The number of nitrogen functional groups attached to an aromatic ring is 1. The molecule has 11 heavy (non-hydrogen) atoms. The van der Waals surface area contributed by atoms with Gasteiger partial charge in [-0.2, -0.15) is 0 Å². The lowest BCUT2D eigenvalue weighted by molar-refractivity contribution is 0.560. The van der Waals surface area contributed by atoms with Crippen LogP contribution in [0.1, 0.15) is 5.56 Å². The Morgan fingerprint density at radius 2 is 1.91 bits per heavy atom. The summed E-state index contributed by atoms with van der Waals surface area (Å²) in [6.07, 6.45) is 0. The van der Waals surface area contributed by atoms with Crippen LogP contribution in [0.15, 0.2) is 12.1 Å². The van der Waals surface area contributed by atoms with Crippen LogP contribution in [0.2, 0.25) is 0 Å². The third-order valence-corrected chi connectivity index (χ3v) is 1.42.